The van der Waals surface area contributed by atoms with Crippen molar-refractivity contribution in [2.24, 2.45) is 4.99 Å². The standard InChI is InChI=1S/C24H20BrN3O2S/c25-15-10-11-18-17(12-15)21(23(30)27-18)28-24-20(16-8-4-5-9-19(16)31-24)22(29)26-13-14-6-2-1-3-7-14/h1-3,6-7,10-12H,4-5,8-9,13H2,(H,26,29)(H,27,28,30). The van der Waals surface area contributed by atoms with E-state index in [2.05, 4.69) is 26.6 Å². The summed E-state index contributed by atoms with van der Waals surface area (Å²) >= 11 is 5.01. The molecule has 1 aliphatic heterocycles. The van der Waals surface area contributed by atoms with E-state index in [1.165, 1.54) is 16.2 Å². The lowest BCUT2D eigenvalue weighted by molar-refractivity contribution is -0.110. The third-order valence-corrected chi connectivity index (χ3v) is 7.27. The number of rotatable bonds is 4. The van der Waals surface area contributed by atoms with Gasteiger partial charge in [0.05, 0.1) is 11.3 Å². The molecule has 0 unspecified atom stereocenters. The summed E-state index contributed by atoms with van der Waals surface area (Å²) in [5.74, 6) is -0.370. The fourth-order valence-corrected chi connectivity index (χ4v) is 5.69. The van der Waals surface area contributed by atoms with Crippen molar-refractivity contribution in [3.8, 4) is 0 Å². The van der Waals surface area contributed by atoms with Crippen molar-refractivity contribution in [1.29, 1.82) is 0 Å². The van der Waals surface area contributed by atoms with E-state index in [0.717, 1.165) is 52.5 Å². The minimum Gasteiger partial charge on any atom is -0.348 e. The molecule has 2 amide bonds. The Kier molecular flexibility index (Phi) is 5.46. The molecule has 2 N–H and O–H groups in total. The third-order valence-electron chi connectivity index (χ3n) is 5.59. The smallest absolute Gasteiger partial charge is 0.275 e. The molecular weight excluding hydrogens is 474 g/mol. The molecule has 0 fully saturated rings. The van der Waals surface area contributed by atoms with Crippen LogP contribution in [-0.2, 0) is 24.2 Å². The van der Waals surface area contributed by atoms with Gasteiger partial charge in [-0.3, -0.25) is 9.59 Å². The van der Waals surface area contributed by atoms with Gasteiger partial charge in [0.1, 0.15) is 10.7 Å². The highest BCUT2D eigenvalue weighted by Gasteiger charge is 2.30. The summed E-state index contributed by atoms with van der Waals surface area (Å²) in [6.07, 6.45) is 4.01. The lowest BCUT2D eigenvalue weighted by atomic mass is 9.95. The summed E-state index contributed by atoms with van der Waals surface area (Å²) < 4.78 is 0.877. The Bertz CT molecular complexity index is 1220. The molecule has 1 aliphatic carbocycles. The zero-order valence-electron chi connectivity index (χ0n) is 16.7. The van der Waals surface area contributed by atoms with E-state index in [0.29, 0.717) is 22.8 Å². The number of carbonyl (C=O) groups is 2. The van der Waals surface area contributed by atoms with E-state index in [1.807, 2.05) is 48.5 Å². The Labute approximate surface area is 192 Å². The van der Waals surface area contributed by atoms with Crippen LogP contribution in [0.3, 0.4) is 0 Å². The van der Waals surface area contributed by atoms with Crippen LogP contribution in [0, 0.1) is 0 Å². The van der Waals surface area contributed by atoms with Gasteiger partial charge >= 0.3 is 0 Å². The lowest BCUT2D eigenvalue weighted by Crippen LogP contribution is -2.24. The van der Waals surface area contributed by atoms with Crippen LogP contribution < -0.4 is 10.6 Å². The zero-order chi connectivity index (χ0) is 21.4. The van der Waals surface area contributed by atoms with Crippen molar-refractivity contribution in [2.75, 3.05) is 5.32 Å². The van der Waals surface area contributed by atoms with Crippen LogP contribution in [0.15, 0.2) is 58.0 Å². The van der Waals surface area contributed by atoms with Gasteiger partial charge in [-0.1, -0.05) is 46.3 Å². The molecule has 0 saturated heterocycles. The first-order valence-electron chi connectivity index (χ1n) is 10.3. The number of nitrogens with one attached hydrogen (secondary N) is 2. The monoisotopic (exact) mass is 493 g/mol. The molecule has 31 heavy (non-hydrogen) atoms. The molecule has 3 aromatic rings. The van der Waals surface area contributed by atoms with E-state index in [-0.39, 0.29) is 11.8 Å². The summed E-state index contributed by atoms with van der Waals surface area (Å²) in [6, 6.07) is 15.5. The van der Waals surface area contributed by atoms with Gasteiger partial charge in [0.25, 0.3) is 11.8 Å². The molecular formula is C24H20BrN3O2S. The zero-order valence-corrected chi connectivity index (χ0v) is 19.1. The van der Waals surface area contributed by atoms with Gasteiger partial charge < -0.3 is 10.6 Å². The molecule has 0 atom stereocenters. The van der Waals surface area contributed by atoms with Gasteiger partial charge in [0.2, 0.25) is 0 Å². The van der Waals surface area contributed by atoms with Crippen LogP contribution in [0.1, 0.15) is 44.8 Å². The number of hydrogen-bond acceptors (Lipinski definition) is 4. The second-order valence-electron chi connectivity index (χ2n) is 7.66. The topological polar surface area (TPSA) is 70.6 Å². The molecule has 0 saturated carbocycles. The highest BCUT2D eigenvalue weighted by Crippen LogP contribution is 2.41. The van der Waals surface area contributed by atoms with Crippen molar-refractivity contribution in [1.82, 2.24) is 5.32 Å². The SMILES string of the molecule is O=C1Nc2ccc(Br)cc2C1=Nc1sc2c(c1C(=O)NCc1ccccc1)CCCC2. The number of hydrogen-bond donors (Lipinski definition) is 2. The fraction of sp³-hybridized carbons (Fsp3) is 0.208. The minimum absolute atomic E-state index is 0.129. The highest BCUT2D eigenvalue weighted by molar-refractivity contribution is 9.10. The summed E-state index contributed by atoms with van der Waals surface area (Å²) in [5, 5.41) is 6.53. The molecule has 2 aliphatic rings. The molecule has 7 heteroatoms. The van der Waals surface area contributed by atoms with Gasteiger partial charge in [0.15, 0.2) is 0 Å². The number of thiophene rings is 1. The molecule has 5 nitrogen and oxygen atoms in total. The van der Waals surface area contributed by atoms with Crippen LogP contribution in [0.5, 0.6) is 0 Å². The van der Waals surface area contributed by atoms with Crippen LogP contribution >= 0.6 is 27.3 Å². The first-order chi connectivity index (χ1) is 15.1. The molecule has 156 valence electrons. The van der Waals surface area contributed by atoms with E-state index in [9.17, 15) is 9.59 Å². The predicted octanol–water partition coefficient (Wildman–Crippen LogP) is 5.39. The summed E-state index contributed by atoms with van der Waals surface area (Å²) in [7, 11) is 0. The van der Waals surface area contributed by atoms with Crippen LogP contribution in [0.4, 0.5) is 10.7 Å². The molecule has 0 spiro atoms. The Balaban J connectivity index is 1.53. The average molecular weight is 494 g/mol. The van der Waals surface area contributed by atoms with E-state index < -0.39 is 0 Å². The van der Waals surface area contributed by atoms with E-state index in [1.54, 1.807) is 0 Å². The normalized spacial score (nSPS) is 16.0. The number of carbonyl (C=O) groups excluding carboxylic acids is 2. The fourth-order valence-electron chi connectivity index (χ4n) is 4.07. The maximum Gasteiger partial charge on any atom is 0.275 e. The lowest BCUT2D eigenvalue weighted by Gasteiger charge is -2.13. The second kappa shape index (κ2) is 8.40. The number of fused-ring (bicyclic) bond motifs is 2. The number of anilines is 1. The van der Waals surface area contributed by atoms with E-state index in [4.69, 9.17) is 4.99 Å². The number of nitrogens with zero attached hydrogens (tertiary/aromatic N) is 1. The van der Waals surface area contributed by atoms with E-state index >= 15 is 0 Å². The van der Waals surface area contributed by atoms with Gasteiger partial charge in [-0.05, 0) is 55.0 Å². The molecule has 0 radical (unpaired) electrons. The van der Waals surface area contributed by atoms with Gasteiger partial charge in [-0.2, -0.15) is 0 Å². The maximum absolute atomic E-state index is 13.2. The second-order valence-corrected chi connectivity index (χ2v) is 9.66. The van der Waals surface area contributed by atoms with Crippen molar-refractivity contribution in [3.05, 3.63) is 80.1 Å². The molecule has 0 bridgehead atoms. The Morgan fingerprint density at radius 3 is 2.77 bits per heavy atom. The number of halogens is 1. The Morgan fingerprint density at radius 1 is 1.13 bits per heavy atom. The number of amides is 2. The van der Waals surface area contributed by atoms with Crippen molar-refractivity contribution >= 4 is 55.5 Å². The minimum atomic E-state index is -0.241. The third kappa shape index (κ3) is 3.95. The molecule has 2 heterocycles. The number of aryl methyl sites for hydroxylation is 1. The number of aliphatic imine (C=N–C) groups is 1. The molecule has 5 rings (SSSR count). The van der Waals surface area contributed by atoms with Crippen LogP contribution in [0.2, 0.25) is 0 Å². The van der Waals surface area contributed by atoms with Crippen molar-refractivity contribution in [2.45, 2.75) is 32.2 Å². The Hall–Kier alpha value is -2.77. The van der Waals surface area contributed by atoms with Crippen molar-refractivity contribution < 1.29 is 9.59 Å². The Morgan fingerprint density at radius 2 is 1.94 bits per heavy atom. The quantitative estimate of drug-likeness (QED) is 0.511. The largest absolute Gasteiger partial charge is 0.348 e. The first kappa shape index (κ1) is 20.2. The molecule has 2 aromatic carbocycles. The van der Waals surface area contributed by atoms with Crippen LogP contribution in [0.25, 0.3) is 0 Å². The summed E-state index contributed by atoms with van der Waals surface area (Å²) in [6.45, 7) is 0.455. The summed E-state index contributed by atoms with van der Waals surface area (Å²) in [5.41, 5.74) is 4.60. The first-order valence-corrected chi connectivity index (χ1v) is 11.9. The van der Waals surface area contributed by atoms with Gasteiger partial charge in [0, 0.05) is 21.5 Å². The predicted molar refractivity (Wildman–Crippen MR) is 128 cm³/mol. The maximum atomic E-state index is 13.2. The number of benzene rings is 2. The molecule has 1 aromatic heterocycles. The summed E-state index contributed by atoms with van der Waals surface area (Å²) in [4.78, 5) is 31.8. The van der Waals surface area contributed by atoms with Crippen molar-refractivity contribution in [3.63, 3.8) is 0 Å². The van der Waals surface area contributed by atoms with Crippen LogP contribution in [-0.4, -0.2) is 17.5 Å². The average Bonchev–Trinajstić information content (AvgIpc) is 3.30. The van der Waals surface area contributed by atoms with Gasteiger partial charge in [-0.25, -0.2) is 4.99 Å². The highest BCUT2D eigenvalue weighted by atomic mass is 79.9. The van der Waals surface area contributed by atoms with Gasteiger partial charge in [-0.15, -0.1) is 11.3 Å².